The van der Waals surface area contributed by atoms with Crippen LogP contribution < -0.4 is 4.74 Å². The minimum absolute atomic E-state index is 0.0491. The average molecular weight is 528 g/mol. The molecule has 2 unspecified atom stereocenters. The Bertz CT molecular complexity index is 1340. The van der Waals surface area contributed by atoms with Crippen molar-refractivity contribution in [1.82, 2.24) is 14.9 Å². The minimum atomic E-state index is -0.995. The Hall–Kier alpha value is -2.58. The second-order valence-electron chi connectivity index (χ2n) is 10.1. The van der Waals surface area contributed by atoms with E-state index >= 15 is 0 Å². The summed E-state index contributed by atoms with van der Waals surface area (Å²) in [6.07, 6.45) is 5.59. The summed E-state index contributed by atoms with van der Waals surface area (Å²) in [4.78, 5) is 37.3. The summed E-state index contributed by atoms with van der Waals surface area (Å²) in [7, 11) is 0. The lowest BCUT2D eigenvalue weighted by Gasteiger charge is -2.20. The van der Waals surface area contributed by atoms with Gasteiger partial charge in [0.1, 0.15) is 24.4 Å². The molecule has 2 aliphatic carbocycles. The number of imide groups is 1. The quantitative estimate of drug-likeness (QED) is 0.366. The van der Waals surface area contributed by atoms with Crippen LogP contribution in [-0.2, 0) is 16.1 Å². The van der Waals surface area contributed by atoms with Gasteiger partial charge in [-0.1, -0.05) is 24.4 Å². The van der Waals surface area contributed by atoms with Crippen molar-refractivity contribution in [3.8, 4) is 17.0 Å². The molecule has 3 aromatic rings. The lowest BCUT2D eigenvalue weighted by molar-refractivity contribution is -0.140. The van der Waals surface area contributed by atoms with Crippen LogP contribution in [0, 0.1) is 18.8 Å². The summed E-state index contributed by atoms with van der Waals surface area (Å²) >= 11 is 7.89. The van der Waals surface area contributed by atoms with Crippen LogP contribution in [0.25, 0.3) is 21.5 Å². The molecule has 2 aromatic heterocycles. The molecule has 3 fully saturated rings. The van der Waals surface area contributed by atoms with Crippen molar-refractivity contribution < 1.29 is 18.7 Å². The highest BCUT2D eigenvalue weighted by Crippen LogP contribution is 2.43. The smallest absolute Gasteiger partial charge is 0.233 e. The zero-order valence-electron chi connectivity index (χ0n) is 20.0. The van der Waals surface area contributed by atoms with E-state index in [2.05, 4.69) is 9.97 Å². The third-order valence-electron chi connectivity index (χ3n) is 7.74. The molecule has 1 saturated heterocycles. The van der Waals surface area contributed by atoms with Gasteiger partial charge in [0.05, 0.1) is 34.3 Å². The fraction of sp³-hybridized carbons (Fsp3) is 0.481. The SMILES string of the molecule is Cc1cc(Cl)cc(-c2ncnc3cc(CN4C(=O)C5CCCCC5C4=O)sc23)c1O[C@@H]1CCC[C@@H]1F. The summed E-state index contributed by atoms with van der Waals surface area (Å²) in [5, 5.41) is 0.539. The zero-order chi connectivity index (χ0) is 25.0. The Labute approximate surface area is 217 Å². The van der Waals surface area contributed by atoms with E-state index in [4.69, 9.17) is 16.3 Å². The first kappa shape index (κ1) is 23.8. The number of hydrogen-bond donors (Lipinski definition) is 0. The largest absolute Gasteiger partial charge is 0.486 e. The molecule has 0 N–H and O–H groups in total. The van der Waals surface area contributed by atoms with E-state index in [0.29, 0.717) is 34.9 Å². The molecule has 0 bridgehead atoms. The fourth-order valence-electron chi connectivity index (χ4n) is 5.94. The van der Waals surface area contributed by atoms with Gasteiger partial charge < -0.3 is 4.74 Å². The van der Waals surface area contributed by atoms with Crippen LogP contribution in [0.3, 0.4) is 0 Å². The monoisotopic (exact) mass is 527 g/mol. The highest BCUT2D eigenvalue weighted by molar-refractivity contribution is 7.19. The molecule has 6 nitrogen and oxygen atoms in total. The van der Waals surface area contributed by atoms with E-state index in [1.165, 1.54) is 22.6 Å². The van der Waals surface area contributed by atoms with Gasteiger partial charge in [0, 0.05) is 15.5 Å². The second kappa shape index (κ2) is 9.38. The van der Waals surface area contributed by atoms with E-state index < -0.39 is 12.3 Å². The van der Waals surface area contributed by atoms with Crippen molar-refractivity contribution in [2.75, 3.05) is 0 Å². The van der Waals surface area contributed by atoms with E-state index in [1.54, 1.807) is 6.07 Å². The highest BCUT2D eigenvalue weighted by atomic mass is 35.5. The van der Waals surface area contributed by atoms with Gasteiger partial charge in [-0.2, -0.15) is 0 Å². The van der Waals surface area contributed by atoms with Crippen LogP contribution >= 0.6 is 22.9 Å². The van der Waals surface area contributed by atoms with Gasteiger partial charge in [-0.3, -0.25) is 14.5 Å². The molecule has 9 heteroatoms. The maximum Gasteiger partial charge on any atom is 0.233 e. The van der Waals surface area contributed by atoms with Gasteiger partial charge in [0.25, 0.3) is 0 Å². The highest BCUT2D eigenvalue weighted by Gasteiger charge is 2.48. The van der Waals surface area contributed by atoms with E-state index in [0.717, 1.165) is 52.8 Å². The molecule has 2 saturated carbocycles. The number of carbonyl (C=O) groups is 2. The third kappa shape index (κ3) is 4.08. The van der Waals surface area contributed by atoms with Gasteiger partial charge in [-0.15, -0.1) is 11.3 Å². The topological polar surface area (TPSA) is 72.4 Å². The number of amides is 2. The maximum atomic E-state index is 14.4. The molecule has 1 aliphatic heterocycles. The van der Waals surface area contributed by atoms with Crippen molar-refractivity contribution in [2.45, 2.75) is 70.7 Å². The summed E-state index contributed by atoms with van der Waals surface area (Å²) in [6.45, 7) is 2.14. The number of aromatic nitrogens is 2. The third-order valence-corrected chi connectivity index (χ3v) is 9.08. The lowest BCUT2D eigenvalue weighted by Crippen LogP contribution is -2.30. The molecule has 2 amide bonds. The van der Waals surface area contributed by atoms with Crippen molar-refractivity contribution in [2.24, 2.45) is 11.8 Å². The maximum absolute atomic E-state index is 14.4. The number of hydrogen-bond acceptors (Lipinski definition) is 6. The number of aryl methyl sites for hydroxylation is 1. The first-order valence-corrected chi connectivity index (χ1v) is 13.8. The number of rotatable bonds is 5. The van der Waals surface area contributed by atoms with Crippen LogP contribution in [0.1, 0.15) is 55.4 Å². The molecular formula is C27H27ClFN3O3S. The Morgan fingerprint density at radius 3 is 2.50 bits per heavy atom. The van der Waals surface area contributed by atoms with Crippen LogP contribution in [0.15, 0.2) is 24.5 Å². The molecule has 188 valence electrons. The van der Waals surface area contributed by atoms with Crippen molar-refractivity contribution in [3.05, 3.63) is 40.0 Å². The van der Waals surface area contributed by atoms with Gasteiger partial charge >= 0.3 is 0 Å². The number of alkyl halides is 1. The minimum Gasteiger partial charge on any atom is -0.486 e. The number of benzene rings is 1. The lowest BCUT2D eigenvalue weighted by atomic mass is 9.81. The summed E-state index contributed by atoms with van der Waals surface area (Å²) in [6, 6.07) is 5.52. The molecule has 3 heterocycles. The van der Waals surface area contributed by atoms with E-state index in [1.807, 2.05) is 19.1 Å². The first-order valence-electron chi connectivity index (χ1n) is 12.6. The van der Waals surface area contributed by atoms with Crippen molar-refractivity contribution in [1.29, 1.82) is 0 Å². The van der Waals surface area contributed by atoms with Gasteiger partial charge in [0.15, 0.2) is 0 Å². The van der Waals surface area contributed by atoms with Crippen molar-refractivity contribution >= 4 is 45.0 Å². The Balaban J connectivity index is 1.36. The predicted molar refractivity (Wildman–Crippen MR) is 137 cm³/mol. The van der Waals surface area contributed by atoms with Crippen LogP contribution in [0.5, 0.6) is 5.75 Å². The number of nitrogens with zero attached hydrogens (tertiary/aromatic N) is 3. The molecular weight excluding hydrogens is 501 g/mol. The van der Waals surface area contributed by atoms with Crippen LogP contribution in [0.4, 0.5) is 4.39 Å². The predicted octanol–water partition coefficient (Wildman–Crippen LogP) is 6.26. The number of thiophene rings is 1. The molecule has 4 atom stereocenters. The second-order valence-corrected chi connectivity index (χ2v) is 11.7. The Morgan fingerprint density at radius 2 is 1.81 bits per heavy atom. The van der Waals surface area contributed by atoms with Gasteiger partial charge in [-0.25, -0.2) is 14.4 Å². The first-order chi connectivity index (χ1) is 17.4. The molecule has 6 rings (SSSR count). The Kier molecular flexibility index (Phi) is 6.20. The summed E-state index contributed by atoms with van der Waals surface area (Å²) in [5.74, 6) is 0.150. The fourth-order valence-corrected chi connectivity index (χ4v) is 7.32. The number of carbonyl (C=O) groups excluding carboxylic acids is 2. The molecule has 1 aromatic carbocycles. The van der Waals surface area contributed by atoms with Gasteiger partial charge in [0.2, 0.25) is 11.8 Å². The normalized spacial score (nSPS) is 26.1. The van der Waals surface area contributed by atoms with Crippen LogP contribution in [-0.4, -0.2) is 39.0 Å². The Morgan fingerprint density at radius 1 is 1.06 bits per heavy atom. The number of halogens is 2. The molecule has 36 heavy (non-hydrogen) atoms. The van der Waals surface area contributed by atoms with E-state index in [9.17, 15) is 14.0 Å². The number of likely N-dealkylation sites (tertiary alicyclic amines) is 1. The van der Waals surface area contributed by atoms with E-state index in [-0.39, 0.29) is 30.2 Å². The molecule has 3 aliphatic rings. The van der Waals surface area contributed by atoms with Crippen molar-refractivity contribution in [3.63, 3.8) is 0 Å². The van der Waals surface area contributed by atoms with Crippen LogP contribution in [0.2, 0.25) is 5.02 Å². The zero-order valence-corrected chi connectivity index (χ0v) is 21.6. The molecule has 0 radical (unpaired) electrons. The summed E-state index contributed by atoms with van der Waals surface area (Å²) < 4.78 is 21.4. The average Bonchev–Trinajstić information content (AvgIpc) is 3.53. The van der Waals surface area contributed by atoms with Gasteiger partial charge in [-0.05, 0) is 62.8 Å². The standard InChI is InChI=1S/C27H27ClFN3O3S/c1-14-9-15(28)10-19(24(14)35-22-8-4-7-20(22)29)23-25-21(30-13-31-23)11-16(36-25)12-32-26(33)17-5-2-3-6-18(17)27(32)34/h9-11,13,17-18,20,22H,2-8,12H2,1H3/t17?,18?,20-,22+/m0/s1. The molecule has 0 spiro atoms. The number of fused-ring (bicyclic) bond motifs is 2. The number of ether oxygens (including phenoxy) is 1. The summed E-state index contributed by atoms with van der Waals surface area (Å²) in [5.41, 5.74) is 2.89.